The topological polar surface area (TPSA) is 0 Å². The van der Waals surface area contributed by atoms with Crippen LogP contribution in [0.4, 0.5) is 0 Å². The van der Waals surface area contributed by atoms with Crippen molar-refractivity contribution in [1.29, 1.82) is 0 Å². The average Bonchev–Trinajstić information content (AvgIpc) is 2.46. The Balaban J connectivity index is 2.49. The molecule has 0 aliphatic heterocycles. The van der Waals surface area contributed by atoms with Crippen molar-refractivity contribution < 1.29 is 0 Å². The third-order valence-electron chi connectivity index (χ3n) is 1.87. The molecule has 0 atom stereocenters. The summed E-state index contributed by atoms with van der Waals surface area (Å²) < 4.78 is 1.28. The lowest BCUT2D eigenvalue weighted by Crippen LogP contribution is -1.77. The third-order valence-corrected chi connectivity index (χ3v) is 3.47. The van der Waals surface area contributed by atoms with Gasteiger partial charge in [-0.1, -0.05) is 11.6 Å². The van der Waals surface area contributed by atoms with Crippen LogP contribution in [0.25, 0.3) is 10.1 Å². The molecule has 0 bridgehead atoms. The Hall–Kier alpha value is -0.240. The first kappa shape index (κ1) is 9.32. The Morgan fingerprint density at radius 2 is 2.08 bits per heavy atom. The van der Waals surface area contributed by atoms with Crippen LogP contribution >= 0.6 is 34.5 Å². The molecule has 3 heteroatoms. The number of fused-ring (bicyclic) bond motifs is 1. The Labute approximate surface area is 91.1 Å². The molecule has 0 radical (unpaired) electrons. The number of alkyl halides is 1. The minimum Gasteiger partial charge on any atom is -0.140 e. The summed E-state index contributed by atoms with van der Waals surface area (Å²) in [5, 5.41) is 2.01. The van der Waals surface area contributed by atoms with Crippen molar-refractivity contribution in [1.82, 2.24) is 0 Å². The molecule has 0 spiro atoms. The van der Waals surface area contributed by atoms with Crippen molar-refractivity contribution in [3.63, 3.8) is 0 Å². The number of benzene rings is 1. The lowest BCUT2D eigenvalue weighted by Gasteiger charge is -1.88. The van der Waals surface area contributed by atoms with Gasteiger partial charge in [0.15, 0.2) is 0 Å². The fraction of sp³-hybridized carbons (Fsp3) is 0.200. The van der Waals surface area contributed by atoms with Crippen LogP contribution in [0.5, 0.6) is 0 Å². The van der Waals surface area contributed by atoms with Gasteiger partial charge in [-0.05, 0) is 36.1 Å². The molecule has 68 valence electrons. The molecule has 13 heavy (non-hydrogen) atoms. The van der Waals surface area contributed by atoms with Crippen LogP contribution in [0.15, 0.2) is 24.3 Å². The van der Waals surface area contributed by atoms with Gasteiger partial charge in [-0.3, -0.25) is 0 Å². The maximum absolute atomic E-state index is 5.88. The predicted molar refractivity (Wildman–Crippen MR) is 61.3 cm³/mol. The number of thiophene rings is 1. The summed E-state index contributed by atoms with van der Waals surface area (Å²) in [6.45, 7) is 0. The fourth-order valence-corrected chi connectivity index (χ4v) is 2.83. The molecule has 1 aromatic carbocycles. The van der Waals surface area contributed by atoms with Gasteiger partial charge in [0.2, 0.25) is 0 Å². The van der Waals surface area contributed by atoms with Gasteiger partial charge in [-0.15, -0.1) is 22.9 Å². The summed E-state index contributed by atoms with van der Waals surface area (Å²) in [6, 6.07) is 8.13. The second-order valence-electron chi connectivity index (χ2n) is 2.83. The van der Waals surface area contributed by atoms with Crippen LogP contribution in [0.2, 0.25) is 5.02 Å². The van der Waals surface area contributed by atoms with Gasteiger partial charge in [0.1, 0.15) is 0 Å². The van der Waals surface area contributed by atoms with Crippen molar-refractivity contribution in [2.45, 2.75) is 6.42 Å². The minimum atomic E-state index is 0.681. The summed E-state index contributed by atoms with van der Waals surface area (Å²) >= 11 is 13.3. The van der Waals surface area contributed by atoms with E-state index in [2.05, 4.69) is 12.1 Å². The molecule has 2 rings (SSSR count). The summed E-state index contributed by atoms with van der Waals surface area (Å²) in [4.78, 5) is 1.33. The Bertz CT molecular complexity index is 420. The van der Waals surface area contributed by atoms with Crippen molar-refractivity contribution in [3.05, 3.63) is 34.2 Å². The number of hydrogen-bond donors (Lipinski definition) is 0. The smallest absolute Gasteiger partial charge is 0.0412 e. The molecule has 1 aromatic heterocycles. The number of rotatable bonds is 2. The second kappa shape index (κ2) is 3.87. The highest BCUT2D eigenvalue weighted by Gasteiger charge is 2.01. The van der Waals surface area contributed by atoms with Gasteiger partial charge in [0, 0.05) is 20.5 Å². The van der Waals surface area contributed by atoms with Crippen LogP contribution in [0, 0.1) is 0 Å². The molecule has 0 unspecified atom stereocenters. The van der Waals surface area contributed by atoms with Crippen molar-refractivity contribution in [3.8, 4) is 0 Å². The molecule has 0 N–H and O–H groups in total. The van der Waals surface area contributed by atoms with E-state index in [-0.39, 0.29) is 0 Å². The monoisotopic (exact) mass is 230 g/mol. The van der Waals surface area contributed by atoms with E-state index in [9.17, 15) is 0 Å². The van der Waals surface area contributed by atoms with Crippen LogP contribution < -0.4 is 0 Å². The zero-order valence-electron chi connectivity index (χ0n) is 6.89. The Kier molecular flexibility index (Phi) is 2.77. The summed E-state index contributed by atoms with van der Waals surface area (Å²) in [5.74, 6) is 0.681. The molecule has 0 amide bonds. The maximum atomic E-state index is 5.88. The van der Waals surface area contributed by atoms with Gasteiger partial charge in [-0.25, -0.2) is 0 Å². The van der Waals surface area contributed by atoms with Crippen LogP contribution in [-0.2, 0) is 6.42 Å². The summed E-state index contributed by atoms with van der Waals surface area (Å²) in [5.41, 5.74) is 0. The van der Waals surface area contributed by atoms with Gasteiger partial charge >= 0.3 is 0 Å². The van der Waals surface area contributed by atoms with Crippen molar-refractivity contribution in [2.75, 3.05) is 5.88 Å². The lowest BCUT2D eigenvalue weighted by molar-refractivity contribution is 1.20. The standard InChI is InChI=1S/C10H8Cl2S/c11-4-3-9-6-7-5-8(12)1-2-10(7)13-9/h1-2,5-6H,3-4H2. The van der Waals surface area contributed by atoms with Gasteiger partial charge in [0.25, 0.3) is 0 Å². The van der Waals surface area contributed by atoms with Crippen LogP contribution in [0.3, 0.4) is 0 Å². The summed E-state index contributed by atoms with van der Waals surface area (Å²) in [7, 11) is 0. The minimum absolute atomic E-state index is 0.681. The number of halogens is 2. The molecule has 0 aliphatic carbocycles. The molecule has 0 saturated heterocycles. The predicted octanol–water partition coefficient (Wildman–Crippen LogP) is 4.34. The van der Waals surface area contributed by atoms with Gasteiger partial charge in [0.05, 0.1) is 0 Å². The SMILES string of the molecule is ClCCc1cc2cc(Cl)ccc2s1. The lowest BCUT2D eigenvalue weighted by atomic mass is 10.2. The molecular formula is C10H8Cl2S. The van der Waals surface area contributed by atoms with Crippen LogP contribution in [-0.4, -0.2) is 5.88 Å². The molecule has 2 aromatic rings. The molecule has 1 heterocycles. The number of hydrogen-bond acceptors (Lipinski definition) is 1. The highest BCUT2D eigenvalue weighted by atomic mass is 35.5. The highest BCUT2D eigenvalue weighted by Crippen LogP contribution is 2.28. The molecule has 0 saturated carbocycles. The quantitative estimate of drug-likeness (QED) is 0.674. The van der Waals surface area contributed by atoms with Gasteiger partial charge < -0.3 is 0 Å². The Morgan fingerprint density at radius 3 is 2.85 bits per heavy atom. The molecule has 0 fully saturated rings. The summed E-state index contributed by atoms with van der Waals surface area (Å²) in [6.07, 6.45) is 0.943. The van der Waals surface area contributed by atoms with E-state index in [1.807, 2.05) is 12.1 Å². The van der Waals surface area contributed by atoms with Crippen LogP contribution in [0.1, 0.15) is 4.88 Å². The van der Waals surface area contributed by atoms with E-state index < -0.39 is 0 Å². The number of aryl methyl sites for hydroxylation is 1. The van der Waals surface area contributed by atoms with E-state index in [0.717, 1.165) is 11.4 Å². The first-order valence-corrected chi connectivity index (χ1v) is 5.76. The van der Waals surface area contributed by atoms with E-state index in [4.69, 9.17) is 23.2 Å². The van der Waals surface area contributed by atoms with E-state index in [1.54, 1.807) is 11.3 Å². The molecule has 0 aliphatic rings. The largest absolute Gasteiger partial charge is 0.140 e. The van der Waals surface area contributed by atoms with E-state index in [0.29, 0.717) is 5.88 Å². The first-order chi connectivity index (χ1) is 6.29. The zero-order valence-corrected chi connectivity index (χ0v) is 9.22. The highest BCUT2D eigenvalue weighted by molar-refractivity contribution is 7.19. The zero-order chi connectivity index (χ0) is 9.26. The Morgan fingerprint density at radius 1 is 1.23 bits per heavy atom. The molecular weight excluding hydrogens is 223 g/mol. The van der Waals surface area contributed by atoms with Crippen molar-refractivity contribution >= 4 is 44.6 Å². The van der Waals surface area contributed by atoms with Crippen molar-refractivity contribution in [2.24, 2.45) is 0 Å². The van der Waals surface area contributed by atoms with E-state index in [1.165, 1.54) is 15.0 Å². The first-order valence-electron chi connectivity index (χ1n) is 4.03. The van der Waals surface area contributed by atoms with E-state index >= 15 is 0 Å². The maximum Gasteiger partial charge on any atom is 0.0412 e. The fourth-order valence-electron chi connectivity index (χ4n) is 1.29. The molecule has 0 nitrogen and oxygen atoms in total. The second-order valence-corrected chi connectivity index (χ2v) is 4.82. The van der Waals surface area contributed by atoms with Gasteiger partial charge in [-0.2, -0.15) is 0 Å². The average molecular weight is 231 g/mol. The third kappa shape index (κ3) is 1.98. The normalized spacial score (nSPS) is 10.9.